The van der Waals surface area contributed by atoms with Gasteiger partial charge in [0.2, 0.25) is 0 Å². The van der Waals surface area contributed by atoms with Crippen LogP contribution in [0.1, 0.15) is 12.5 Å². The summed E-state index contributed by atoms with van der Waals surface area (Å²) >= 11 is 12.0. The van der Waals surface area contributed by atoms with E-state index in [0.29, 0.717) is 27.0 Å². The van der Waals surface area contributed by atoms with Gasteiger partial charge in [-0.15, -0.1) is 0 Å². The summed E-state index contributed by atoms with van der Waals surface area (Å²) < 4.78 is 5.31. The minimum Gasteiger partial charge on any atom is -0.495 e. The smallest absolute Gasteiger partial charge is 0.278 e. The van der Waals surface area contributed by atoms with Crippen LogP contribution in [-0.4, -0.2) is 30.4 Å². The molecule has 2 aromatic carbocycles. The van der Waals surface area contributed by atoms with E-state index in [1.807, 2.05) is 0 Å². The standard InChI is InChI=1S/C19H16Cl2N2O3/c1-3-23-18(24)16(11-4-6-12(20)7-5-11)17(19(23)25)22-14-10-13(21)8-9-15(14)26-2/h4-10,22H,3H2,1-2H3. The van der Waals surface area contributed by atoms with Gasteiger partial charge in [-0.2, -0.15) is 0 Å². The number of hydrogen-bond donors (Lipinski definition) is 1. The van der Waals surface area contributed by atoms with E-state index in [1.165, 1.54) is 12.0 Å². The van der Waals surface area contributed by atoms with Crippen LogP contribution in [0.15, 0.2) is 48.2 Å². The van der Waals surface area contributed by atoms with Gasteiger partial charge in [-0.05, 0) is 42.8 Å². The van der Waals surface area contributed by atoms with Crippen LogP contribution >= 0.6 is 23.2 Å². The number of carbonyl (C=O) groups is 2. The second kappa shape index (κ2) is 7.40. The van der Waals surface area contributed by atoms with E-state index in [2.05, 4.69) is 5.32 Å². The molecule has 0 aliphatic carbocycles. The van der Waals surface area contributed by atoms with Crippen molar-refractivity contribution in [1.29, 1.82) is 0 Å². The van der Waals surface area contributed by atoms with Crippen LogP contribution in [0.3, 0.4) is 0 Å². The van der Waals surface area contributed by atoms with E-state index in [-0.39, 0.29) is 23.7 Å². The zero-order valence-corrected chi connectivity index (χ0v) is 15.7. The molecule has 1 heterocycles. The summed E-state index contributed by atoms with van der Waals surface area (Å²) in [5.74, 6) is -0.250. The molecule has 0 saturated heterocycles. The number of halogens is 2. The highest BCUT2D eigenvalue weighted by Gasteiger charge is 2.38. The zero-order chi connectivity index (χ0) is 18.8. The average molecular weight is 391 g/mol. The maximum Gasteiger partial charge on any atom is 0.278 e. The maximum absolute atomic E-state index is 12.8. The van der Waals surface area contributed by atoms with Crippen molar-refractivity contribution < 1.29 is 14.3 Å². The largest absolute Gasteiger partial charge is 0.495 e. The Balaban J connectivity index is 2.13. The third-order valence-corrected chi connectivity index (χ3v) is 4.53. The van der Waals surface area contributed by atoms with Crippen molar-refractivity contribution in [2.75, 3.05) is 19.0 Å². The predicted molar refractivity (Wildman–Crippen MR) is 102 cm³/mol. The Hall–Kier alpha value is -2.50. The van der Waals surface area contributed by atoms with Gasteiger partial charge in [0.15, 0.2) is 0 Å². The molecule has 2 amide bonds. The minimum atomic E-state index is -0.399. The number of benzene rings is 2. The highest BCUT2D eigenvalue weighted by molar-refractivity contribution is 6.37. The molecular weight excluding hydrogens is 375 g/mol. The second-order valence-electron chi connectivity index (χ2n) is 5.58. The molecule has 1 N–H and O–H groups in total. The van der Waals surface area contributed by atoms with Gasteiger partial charge in [0, 0.05) is 16.6 Å². The lowest BCUT2D eigenvalue weighted by Crippen LogP contribution is -2.32. The molecule has 0 fully saturated rings. The lowest BCUT2D eigenvalue weighted by atomic mass is 10.0. The van der Waals surface area contributed by atoms with Crippen molar-refractivity contribution in [3.05, 3.63) is 63.8 Å². The quantitative estimate of drug-likeness (QED) is 0.776. The van der Waals surface area contributed by atoms with E-state index in [9.17, 15) is 9.59 Å². The number of methoxy groups -OCH3 is 1. The normalized spacial score (nSPS) is 14.2. The number of nitrogens with zero attached hydrogens (tertiary/aromatic N) is 1. The van der Waals surface area contributed by atoms with E-state index in [0.717, 1.165) is 0 Å². The number of rotatable bonds is 5. The second-order valence-corrected chi connectivity index (χ2v) is 6.45. The van der Waals surface area contributed by atoms with Crippen LogP contribution < -0.4 is 10.1 Å². The molecule has 0 atom stereocenters. The van der Waals surface area contributed by atoms with Gasteiger partial charge >= 0.3 is 0 Å². The Labute approximate surface area is 161 Å². The van der Waals surface area contributed by atoms with Gasteiger partial charge in [-0.25, -0.2) is 0 Å². The lowest BCUT2D eigenvalue weighted by Gasteiger charge is -2.14. The molecule has 26 heavy (non-hydrogen) atoms. The van der Waals surface area contributed by atoms with Gasteiger partial charge < -0.3 is 10.1 Å². The fourth-order valence-electron chi connectivity index (χ4n) is 2.78. The highest BCUT2D eigenvalue weighted by Crippen LogP contribution is 2.34. The number of likely N-dealkylation sites (N-methyl/N-ethyl adjacent to an activating group) is 1. The molecule has 0 radical (unpaired) electrons. The number of anilines is 1. The molecule has 5 nitrogen and oxygen atoms in total. The summed E-state index contributed by atoms with van der Waals surface area (Å²) in [6.07, 6.45) is 0. The van der Waals surface area contributed by atoms with Gasteiger partial charge in [0.05, 0.1) is 18.4 Å². The summed E-state index contributed by atoms with van der Waals surface area (Å²) in [4.78, 5) is 26.7. The van der Waals surface area contributed by atoms with Crippen molar-refractivity contribution in [2.45, 2.75) is 6.92 Å². The molecule has 7 heteroatoms. The van der Waals surface area contributed by atoms with Crippen LogP contribution in [0.2, 0.25) is 10.0 Å². The van der Waals surface area contributed by atoms with Crippen molar-refractivity contribution in [3.63, 3.8) is 0 Å². The van der Waals surface area contributed by atoms with E-state index in [4.69, 9.17) is 27.9 Å². The van der Waals surface area contributed by atoms with Gasteiger partial charge in [0.1, 0.15) is 11.4 Å². The number of carbonyl (C=O) groups excluding carboxylic acids is 2. The third-order valence-electron chi connectivity index (χ3n) is 4.04. The van der Waals surface area contributed by atoms with Gasteiger partial charge in [-0.3, -0.25) is 14.5 Å². The number of hydrogen-bond acceptors (Lipinski definition) is 4. The van der Waals surface area contributed by atoms with Crippen LogP contribution in [0.4, 0.5) is 5.69 Å². The third kappa shape index (κ3) is 3.28. The first-order valence-corrected chi connectivity index (χ1v) is 8.68. The lowest BCUT2D eigenvalue weighted by molar-refractivity contribution is -0.136. The molecule has 134 valence electrons. The molecule has 3 rings (SSSR count). The molecule has 0 spiro atoms. The van der Waals surface area contributed by atoms with E-state index in [1.54, 1.807) is 49.4 Å². The topological polar surface area (TPSA) is 58.6 Å². The van der Waals surface area contributed by atoms with Crippen molar-refractivity contribution in [2.24, 2.45) is 0 Å². The summed E-state index contributed by atoms with van der Waals surface area (Å²) in [6.45, 7) is 2.02. The summed E-state index contributed by atoms with van der Waals surface area (Å²) in [5, 5.41) is 4.06. The predicted octanol–water partition coefficient (Wildman–Crippen LogP) is 4.21. The maximum atomic E-state index is 12.8. The fourth-order valence-corrected chi connectivity index (χ4v) is 3.07. The molecule has 0 bridgehead atoms. The Morgan fingerprint density at radius 2 is 1.65 bits per heavy atom. The molecule has 1 aliphatic heterocycles. The van der Waals surface area contributed by atoms with E-state index < -0.39 is 5.91 Å². The van der Waals surface area contributed by atoms with Crippen LogP contribution in [-0.2, 0) is 9.59 Å². The zero-order valence-electron chi connectivity index (χ0n) is 14.2. The molecule has 0 saturated carbocycles. The first kappa shape index (κ1) is 18.3. The van der Waals surface area contributed by atoms with Crippen molar-refractivity contribution >= 4 is 46.3 Å². The first-order valence-electron chi connectivity index (χ1n) is 7.93. The monoisotopic (exact) mass is 390 g/mol. The van der Waals surface area contributed by atoms with Gasteiger partial charge in [0.25, 0.3) is 11.8 Å². The molecule has 0 aromatic heterocycles. The number of imide groups is 1. The minimum absolute atomic E-state index is 0.180. The Bertz CT molecular complexity index is 908. The Morgan fingerprint density at radius 3 is 2.27 bits per heavy atom. The summed E-state index contributed by atoms with van der Waals surface area (Å²) in [6, 6.07) is 11.8. The van der Waals surface area contributed by atoms with Crippen molar-refractivity contribution in [1.82, 2.24) is 4.90 Å². The SMILES string of the molecule is CCN1C(=O)C(Nc2cc(Cl)ccc2OC)=C(c2ccc(Cl)cc2)C1=O. The molecule has 0 unspecified atom stereocenters. The average Bonchev–Trinajstić information content (AvgIpc) is 2.86. The Morgan fingerprint density at radius 1 is 1.00 bits per heavy atom. The van der Waals surface area contributed by atoms with E-state index >= 15 is 0 Å². The Kier molecular flexibility index (Phi) is 5.20. The fraction of sp³-hybridized carbons (Fsp3) is 0.158. The molecule has 1 aliphatic rings. The van der Waals surface area contributed by atoms with Crippen LogP contribution in [0.5, 0.6) is 5.75 Å². The van der Waals surface area contributed by atoms with Crippen molar-refractivity contribution in [3.8, 4) is 5.75 Å². The van der Waals surface area contributed by atoms with Crippen LogP contribution in [0.25, 0.3) is 5.57 Å². The van der Waals surface area contributed by atoms with Crippen LogP contribution in [0, 0.1) is 0 Å². The van der Waals surface area contributed by atoms with Gasteiger partial charge in [-0.1, -0.05) is 35.3 Å². The molecule has 2 aromatic rings. The summed E-state index contributed by atoms with van der Waals surface area (Å²) in [5.41, 5.74) is 1.57. The number of amides is 2. The number of nitrogens with one attached hydrogen (secondary N) is 1. The summed E-state index contributed by atoms with van der Waals surface area (Å²) in [7, 11) is 1.52. The first-order chi connectivity index (χ1) is 12.5. The number of ether oxygens (including phenoxy) is 1. The molecular formula is C19H16Cl2N2O3. The highest BCUT2D eigenvalue weighted by atomic mass is 35.5.